The van der Waals surface area contributed by atoms with Gasteiger partial charge >= 0.3 is 0 Å². The Bertz CT molecular complexity index is 315. The Morgan fingerprint density at radius 3 is 3.12 bits per heavy atom. The van der Waals surface area contributed by atoms with E-state index < -0.39 is 0 Å². The Morgan fingerprint density at radius 2 is 2.47 bits per heavy atom. The van der Waals surface area contributed by atoms with E-state index in [2.05, 4.69) is 19.2 Å². The number of hydrogen-bond acceptors (Lipinski definition) is 4. The highest BCUT2D eigenvalue weighted by Crippen LogP contribution is 2.25. The Labute approximate surface area is 107 Å². The summed E-state index contributed by atoms with van der Waals surface area (Å²) in [4.78, 5) is 0. The van der Waals surface area contributed by atoms with Crippen LogP contribution in [0, 0.1) is 0 Å². The second kappa shape index (κ2) is 6.47. The largest absolute Gasteiger partial charge is 0.468 e. The molecule has 1 N–H and O–H groups in total. The van der Waals surface area contributed by atoms with Gasteiger partial charge in [-0.25, -0.2) is 0 Å². The van der Waals surface area contributed by atoms with Crippen LogP contribution in [0.15, 0.2) is 22.8 Å². The third kappa shape index (κ3) is 3.76. The van der Waals surface area contributed by atoms with Gasteiger partial charge in [-0.2, -0.15) is 11.8 Å². The molecular formula is C13H21NO2S. The molecule has 1 aliphatic heterocycles. The average Bonchev–Trinajstić information content (AvgIpc) is 2.96. The molecule has 0 amide bonds. The normalized spacial score (nSPS) is 26.2. The quantitative estimate of drug-likeness (QED) is 0.793. The minimum atomic E-state index is 0.294. The van der Waals surface area contributed by atoms with E-state index in [1.807, 2.05) is 23.9 Å². The molecule has 1 saturated heterocycles. The predicted octanol–water partition coefficient (Wildman–Crippen LogP) is 2.84. The van der Waals surface area contributed by atoms with Crippen LogP contribution in [0.25, 0.3) is 0 Å². The first-order chi connectivity index (χ1) is 8.27. The SMILES string of the molecule is CC(NCCSC1CCOC1C)c1ccco1. The highest BCUT2D eigenvalue weighted by molar-refractivity contribution is 8.00. The molecule has 3 nitrogen and oxygen atoms in total. The van der Waals surface area contributed by atoms with Crippen LogP contribution in [0.2, 0.25) is 0 Å². The molecule has 1 aromatic heterocycles. The van der Waals surface area contributed by atoms with Crippen molar-refractivity contribution >= 4 is 11.8 Å². The number of hydrogen-bond donors (Lipinski definition) is 1. The van der Waals surface area contributed by atoms with E-state index in [1.165, 1.54) is 6.42 Å². The van der Waals surface area contributed by atoms with Gasteiger partial charge in [-0.3, -0.25) is 0 Å². The van der Waals surface area contributed by atoms with Crippen LogP contribution in [0.5, 0.6) is 0 Å². The lowest BCUT2D eigenvalue weighted by atomic mass is 10.2. The van der Waals surface area contributed by atoms with Crippen molar-refractivity contribution in [3.8, 4) is 0 Å². The number of rotatable bonds is 6. The van der Waals surface area contributed by atoms with Gasteiger partial charge in [-0.15, -0.1) is 0 Å². The van der Waals surface area contributed by atoms with Crippen molar-refractivity contribution in [1.29, 1.82) is 0 Å². The number of furan rings is 1. The van der Waals surface area contributed by atoms with Gasteiger partial charge in [0.2, 0.25) is 0 Å². The van der Waals surface area contributed by atoms with Gasteiger partial charge in [0.05, 0.1) is 18.4 Å². The lowest BCUT2D eigenvalue weighted by Gasteiger charge is -2.15. The average molecular weight is 255 g/mol. The van der Waals surface area contributed by atoms with Gasteiger partial charge in [0.15, 0.2) is 0 Å². The summed E-state index contributed by atoms with van der Waals surface area (Å²) in [5, 5.41) is 4.14. The fourth-order valence-electron chi connectivity index (χ4n) is 2.05. The number of ether oxygens (including phenoxy) is 1. The molecule has 2 rings (SSSR count). The highest BCUT2D eigenvalue weighted by atomic mass is 32.2. The third-order valence-corrected chi connectivity index (χ3v) is 4.65. The summed E-state index contributed by atoms with van der Waals surface area (Å²) >= 11 is 2.01. The van der Waals surface area contributed by atoms with Gasteiger partial charge in [0.25, 0.3) is 0 Å². The standard InChI is InChI=1S/C13H21NO2S/c1-10(12-4-3-7-16-12)14-6-9-17-13-5-8-15-11(13)2/h3-4,7,10-11,13-14H,5-6,8-9H2,1-2H3. The fraction of sp³-hybridized carbons (Fsp3) is 0.692. The Morgan fingerprint density at radius 1 is 1.59 bits per heavy atom. The smallest absolute Gasteiger partial charge is 0.120 e. The molecule has 1 aromatic rings. The topological polar surface area (TPSA) is 34.4 Å². The lowest BCUT2D eigenvalue weighted by molar-refractivity contribution is 0.127. The second-order valence-corrected chi connectivity index (χ2v) is 5.81. The second-order valence-electron chi connectivity index (χ2n) is 4.47. The van der Waals surface area contributed by atoms with Crippen molar-refractivity contribution in [1.82, 2.24) is 5.32 Å². The van der Waals surface area contributed by atoms with Crippen LogP contribution < -0.4 is 5.32 Å². The molecule has 2 heterocycles. The summed E-state index contributed by atoms with van der Waals surface area (Å²) in [6.45, 7) is 6.24. The molecule has 3 unspecified atom stereocenters. The maximum Gasteiger partial charge on any atom is 0.120 e. The molecule has 0 aliphatic carbocycles. The molecular weight excluding hydrogens is 234 g/mol. The van der Waals surface area contributed by atoms with E-state index in [0.717, 1.165) is 24.7 Å². The molecule has 17 heavy (non-hydrogen) atoms. The first-order valence-corrected chi connectivity index (χ1v) is 7.32. The predicted molar refractivity (Wildman–Crippen MR) is 71.4 cm³/mol. The molecule has 1 fully saturated rings. The van der Waals surface area contributed by atoms with Crippen molar-refractivity contribution in [2.75, 3.05) is 18.9 Å². The molecule has 0 spiro atoms. The van der Waals surface area contributed by atoms with E-state index in [0.29, 0.717) is 17.4 Å². The van der Waals surface area contributed by atoms with Crippen LogP contribution in [0.1, 0.15) is 32.1 Å². The Kier molecular flexibility index (Phi) is 4.95. The maximum atomic E-state index is 5.55. The van der Waals surface area contributed by atoms with Crippen molar-refractivity contribution < 1.29 is 9.15 Å². The summed E-state index contributed by atoms with van der Waals surface area (Å²) < 4.78 is 10.9. The molecule has 4 heteroatoms. The van der Waals surface area contributed by atoms with Crippen molar-refractivity contribution in [3.05, 3.63) is 24.2 Å². The first kappa shape index (κ1) is 13.0. The number of nitrogens with one attached hydrogen (secondary N) is 1. The third-order valence-electron chi connectivity index (χ3n) is 3.16. The minimum Gasteiger partial charge on any atom is -0.468 e. The monoisotopic (exact) mass is 255 g/mol. The molecule has 0 bridgehead atoms. The summed E-state index contributed by atoms with van der Waals surface area (Å²) in [6, 6.07) is 4.24. The van der Waals surface area contributed by atoms with Gasteiger partial charge < -0.3 is 14.5 Å². The Balaban J connectivity index is 1.60. The molecule has 3 atom stereocenters. The molecule has 0 radical (unpaired) electrons. The first-order valence-electron chi connectivity index (χ1n) is 6.27. The van der Waals surface area contributed by atoms with Crippen LogP contribution in [-0.2, 0) is 4.74 Å². The summed E-state index contributed by atoms with van der Waals surface area (Å²) in [7, 11) is 0. The zero-order valence-electron chi connectivity index (χ0n) is 10.5. The zero-order chi connectivity index (χ0) is 12.1. The molecule has 1 aliphatic rings. The molecule has 96 valence electrons. The van der Waals surface area contributed by atoms with E-state index in [4.69, 9.17) is 9.15 Å². The maximum absolute atomic E-state index is 5.55. The van der Waals surface area contributed by atoms with Gasteiger partial charge in [-0.1, -0.05) is 0 Å². The molecule has 0 aromatic carbocycles. The van der Waals surface area contributed by atoms with Crippen LogP contribution in [0.3, 0.4) is 0 Å². The van der Waals surface area contributed by atoms with E-state index in [-0.39, 0.29) is 0 Å². The molecule has 0 saturated carbocycles. The van der Waals surface area contributed by atoms with Gasteiger partial charge in [0.1, 0.15) is 5.76 Å². The summed E-state index contributed by atoms with van der Waals surface area (Å²) in [5.41, 5.74) is 0. The van der Waals surface area contributed by atoms with Crippen molar-refractivity contribution in [3.63, 3.8) is 0 Å². The Hall–Kier alpha value is -0.450. The van der Waals surface area contributed by atoms with Crippen molar-refractivity contribution in [2.24, 2.45) is 0 Å². The van der Waals surface area contributed by atoms with Gasteiger partial charge in [-0.05, 0) is 32.4 Å². The van der Waals surface area contributed by atoms with Crippen LogP contribution in [0.4, 0.5) is 0 Å². The van der Waals surface area contributed by atoms with E-state index in [9.17, 15) is 0 Å². The van der Waals surface area contributed by atoms with Crippen LogP contribution >= 0.6 is 11.8 Å². The highest BCUT2D eigenvalue weighted by Gasteiger charge is 2.24. The van der Waals surface area contributed by atoms with Crippen molar-refractivity contribution in [2.45, 2.75) is 37.7 Å². The summed E-state index contributed by atoms with van der Waals surface area (Å²) in [5.74, 6) is 2.14. The minimum absolute atomic E-state index is 0.294. The van der Waals surface area contributed by atoms with E-state index in [1.54, 1.807) is 6.26 Å². The fourth-order valence-corrected chi connectivity index (χ4v) is 3.21. The lowest BCUT2D eigenvalue weighted by Crippen LogP contribution is -2.23. The van der Waals surface area contributed by atoms with Crippen LogP contribution in [-0.4, -0.2) is 30.3 Å². The number of thioether (sulfide) groups is 1. The zero-order valence-corrected chi connectivity index (χ0v) is 11.3. The van der Waals surface area contributed by atoms with E-state index >= 15 is 0 Å². The summed E-state index contributed by atoms with van der Waals surface area (Å²) in [6.07, 6.45) is 3.34. The van der Waals surface area contributed by atoms with Gasteiger partial charge in [0, 0.05) is 24.2 Å².